The maximum atomic E-state index is 10.6. The molecule has 2 rings (SSSR count). The van der Waals surface area contributed by atoms with Gasteiger partial charge in [0, 0.05) is 11.6 Å². The van der Waals surface area contributed by atoms with Gasteiger partial charge < -0.3 is 10.8 Å². The first-order valence-electron chi connectivity index (χ1n) is 5.80. The van der Waals surface area contributed by atoms with Crippen LogP contribution >= 0.6 is 0 Å². The van der Waals surface area contributed by atoms with Gasteiger partial charge in [0.25, 0.3) is 0 Å². The molecule has 5 heteroatoms. The van der Waals surface area contributed by atoms with Crippen molar-refractivity contribution in [3.05, 3.63) is 33.9 Å². The normalized spacial score (nSPS) is 18.9. The standard InChI is InChI=1S/C12H16N2O3/c13-12(6-2-1-3-7-12)9-4-5-10(14(16)17)11(15)8-9/h4-5,8,15H,1-3,6-7,13H2. The smallest absolute Gasteiger partial charge is 0.310 e. The number of phenols is 1. The average molecular weight is 236 g/mol. The predicted molar refractivity (Wildman–Crippen MR) is 63.7 cm³/mol. The third kappa shape index (κ3) is 2.24. The molecule has 0 radical (unpaired) electrons. The molecule has 0 atom stereocenters. The minimum atomic E-state index is -0.594. The van der Waals surface area contributed by atoms with E-state index in [2.05, 4.69) is 0 Å². The van der Waals surface area contributed by atoms with Gasteiger partial charge in [0.05, 0.1) is 4.92 Å². The number of nitrogens with two attached hydrogens (primary N) is 1. The molecule has 3 N–H and O–H groups in total. The second kappa shape index (κ2) is 4.33. The lowest BCUT2D eigenvalue weighted by Gasteiger charge is -2.33. The second-order valence-corrected chi connectivity index (χ2v) is 4.68. The first-order chi connectivity index (χ1) is 8.03. The lowest BCUT2D eigenvalue weighted by molar-refractivity contribution is -0.385. The molecular formula is C12H16N2O3. The molecule has 0 aliphatic heterocycles. The molecule has 0 unspecified atom stereocenters. The van der Waals surface area contributed by atoms with Gasteiger partial charge >= 0.3 is 5.69 Å². The number of hydrogen-bond acceptors (Lipinski definition) is 4. The molecule has 1 aromatic carbocycles. The molecule has 1 aliphatic rings. The maximum Gasteiger partial charge on any atom is 0.310 e. The Balaban J connectivity index is 2.33. The summed E-state index contributed by atoms with van der Waals surface area (Å²) < 4.78 is 0. The van der Waals surface area contributed by atoms with E-state index in [1.807, 2.05) is 0 Å². The topological polar surface area (TPSA) is 89.4 Å². The van der Waals surface area contributed by atoms with E-state index in [-0.39, 0.29) is 11.4 Å². The molecule has 92 valence electrons. The quantitative estimate of drug-likeness (QED) is 0.609. The fourth-order valence-electron chi connectivity index (χ4n) is 2.46. The third-order valence-electron chi connectivity index (χ3n) is 3.49. The Morgan fingerprint density at radius 3 is 2.47 bits per heavy atom. The van der Waals surface area contributed by atoms with Crippen molar-refractivity contribution in [3.8, 4) is 5.75 Å². The fraction of sp³-hybridized carbons (Fsp3) is 0.500. The van der Waals surface area contributed by atoms with Crippen LogP contribution in [0.3, 0.4) is 0 Å². The van der Waals surface area contributed by atoms with Gasteiger partial charge in [-0.3, -0.25) is 10.1 Å². The van der Waals surface area contributed by atoms with Crippen LogP contribution in [0.5, 0.6) is 5.75 Å². The lowest BCUT2D eigenvalue weighted by Crippen LogP contribution is -2.38. The summed E-state index contributed by atoms with van der Waals surface area (Å²) in [4.78, 5) is 10.0. The Labute approximate surface area is 99.4 Å². The van der Waals surface area contributed by atoms with Crippen LogP contribution in [0.25, 0.3) is 0 Å². The monoisotopic (exact) mass is 236 g/mol. The van der Waals surface area contributed by atoms with Crippen LogP contribution < -0.4 is 5.73 Å². The van der Waals surface area contributed by atoms with Crippen molar-refractivity contribution in [1.29, 1.82) is 0 Å². The summed E-state index contributed by atoms with van der Waals surface area (Å²) in [6, 6.07) is 4.42. The van der Waals surface area contributed by atoms with Gasteiger partial charge in [-0.2, -0.15) is 0 Å². The number of nitrogens with zero attached hydrogens (tertiary/aromatic N) is 1. The van der Waals surface area contributed by atoms with Gasteiger partial charge in [0.2, 0.25) is 0 Å². The fourth-order valence-corrected chi connectivity index (χ4v) is 2.46. The summed E-state index contributed by atoms with van der Waals surface area (Å²) in [5.41, 5.74) is 6.38. The van der Waals surface area contributed by atoms with Crippen LogP contribution in [0.15, 0.2) is 18.2 Å². The number of hydrogen-bond donors (Lipinski definition) is 2. The Morgan fingerprint density at radius 1 is 1.29 bits per heavy atom. The van der Waals surface area contributed by atoms with E-state index in [4.69, 9.17) is 5.73 Å². The van der Waals surface area contributed by atoms with Crippen LogP contribution in [-0.2, 0) is 5.54 Å². The minimum Gasteiger partial charge on any atom is -0.502 e. The van der Waals surface area contributed by atoms with Crippen molar-refractivity contribution in [1.82, 2.24) is 0 Å². The molecule has 0 saturated heterocycles. The van der Waals surface area contributed by atoms with E-state index in [0.29, 0.717) is 0 Å². The minimum absolute atomic E-state index is 0.270. The molecule has 1 saturated carbocycles. The molecule has 0 spiro atoms. The van der Waals surface area contributed by atoms with Crippen molar-refractivity contribution in [2.45, 2.75) is 37.6 Å². The highest BCUT2D eigenvalue weighted by atomic mass is 16.6. The maximum absolute atomic E-state index is 10.6. The third-order valence-corrected chi connectivity index (χ3v) is 3.49. The summed E-state index contributed by atoms with van der Waals surface area (Å²) in [5, 5.41) is 20.2. The Hall–Kier alpha value is -1.62. The van der Waals surface area contributed by atoms with Gasteiger partial charge in [0.1, 0.15) is 0 Å². The highest BCUT2D eigenvalue weighted by Crippen LogP contribution is 2.38. The van der Waals surface area contributed by atoms with Crippen LogP contribution in [0.2, 0.25) is 0 Å². The van der Waals surface area contributed by atoms with Gasteiger partial charge in [-0.05, 0) is 24.5 Å². The van der Waals surface area contributed by atoms with Crippen molar-refractivity contribution < 1.29 is 10.0 Å². The van der Waals surface area contributed by atoms with Gasteiger partial charge in [0.15, 0.2) is 5.75 Å². The van der Waals surface area contributed by atoms with E-state index in [0.717, 1.165) is 31.2 Å². The zero-order valence-corrected chi connectivity index (χ0v) is 9.56. The van der Waals surface area contributed by atoms with Crippen molar-refractivity contribution in [2.24, 2.45) is 5.73 Å². The molecule has 1 fully saturated rings. The van der Waals surface area contributed by atoms with Gasteiger partial charge in [-0.1, -0.05) is 25.3 Å². The molecule has 1 aliphatic carbocycles. The lowest BCUT2D eigenvalue weighted by atomic mass is 9.77. The zero-order valence-electron chi connectivity index (χ0n) is 9.56. The Bertz CT molecular complexity index is 439. The highest BCUT2D eigenvalue weighted by Gasteiger charge is 2.30. The van der Waals surface area contributed by atoms with Crippen molar-refractivity contribution in [2.75, 3.05) is 0 Å². The number of nitro benzene ring substituents is 1. The molecular weight excluding hydrogens is 220 g/mol. The molecule has 1 aromatic rings. The molecule has 0 heterocycles. The number of nitro groups is 1. The largest absolute Gasteiger partial charge is 0.502 e. The van der Waals surface area contributed by atoms with E-state index in [9.17, 15) is 15.2 Å². The van der Waals surface area contributed by atoms with E-state index < -0.39 is 10.5 Å². The number of rotatable bonds is 2. The first kappa shape index (κ1) is 11.9. The SMILES string of the molecule is NC1(c2ccc([N+](=O)[O-])c(O)c2)CCCCC1. The average Bonchev–Trinajstić information content (AvgIpc) is 2.29. The number of phenolic OH excluding ortho intramolecular Hbond substituents is 1. The highest BCUT2D eigenvalue weighted by molar-refractivity contribution is 5.49. The van der Waals surface area contributed by atoms with Crippen molar-refractivity contribution >= 4 is 5.69 Å². The van der Waals surface area contributed by atoms with E-state index >= 15 is 0 Å². The Kier molecular flexibility index (Phi) is 3.02. The number of benzene rings is 1. The first-order valence-corrected chi connectivity index (χ1v) is 5.80. The van der Waals surface area contributed by atoms with Gasteiger partial charge in [-0.15, -0.1) is 0 Å². The zero-order chi connectivity index (χ0) is 12.5. The number of aromatic hydroxyl groups is 1. The summed E-state index contributed by atoms with van der Waals surface area (Å²) in [7, 11) is 0. The molecule has 5 nitrogen and oxygen atoms in total. The van der Waals surface area contributed by atoms with Crippen LogP contribution in [0.4, 0.5) is 5.69 Å². The van der Waals surface area contributed by atoms with E-state index in [1.54, 1.807) is 6.07 Å². The molecule has 17 heavy (non-hydrogen) atoms. The molecule has 0 amide bonds. The van der Waals surface area contributed by atoms with E-state index in [1.165, 1.54) is 18.6 Å². The van der Waals surface area contributed by atoms with Crippen LogP contribution in [0, 0.1) is 10.1 Å². The van der Waals surface area contributed by atoms with Crippen molar-refractivity contribution in [3.63, 3.8) is 0 Å². The second-order valence-electron chi connectivity index (χ2n) is 4.68. The summed E-state index contributed by atoms with van der Waals surface area (Å²) in [5.74, 6) is -0.303. The summed E-state index contributed by atoms with van der Waals surface area (Å²) in [6.07, 6.45) is 5.04. The molecule has 0 aromatic heterocycles. The van der Waals surface area contributed by atoms with Gasteiger partial charge in [-0.25, -0.2) is 0 Å². The summed E-state index contributed by atoms with van der Waals surface area (Å²) in [6.45, 7) is 0. The van der Waals surface area contributed by atoms with Crippen LogP contribution in [0.1, 0.15) is 37.7 Å². The van der Waals surface area contributed by atoms with Crippen LogP contribution in [-0.4, -0.2) is 10.0 Å². The Morgan fingerprint density at radius 2 is 1.94 bits per heavy atom. The predicted octanol–water partition coefficient (Wildman–Crippen LogP) is 2.42. The molecule has 0 bridgehead atoms. The summed E-state index contributed by atoms with van der Waals surface area (Å²) >= 11 is 0.